The third kappa shape index (κ3) is 2.53. The highest BCUT2D eigenvalue weighted by Gasteiger charge is 2.52. The number of carbonyl (C=O) groups excluding carboxylic acids is 1. The fourth-order valence-corrected chi connectivity index (χ4v) is 2.76. The van der Waals surface area contributed by atoms with Crippen LogP contribution in [0.25, 0.3) is 0 Å². The average molecular weight is 245 g/mol. The quantitative estimate of drug-likeness (QED) is 0.854. The fraction of sp³-hybridized carbons (Fsp3) is 0.571. The molecule has 1 aromatic rings. The standard InChI is InChI=1S/C14H19N3O/c1-10(18)17-13-3-2-11(9-16-13)8-15-12-6-14(7-12)4-5-14/h2-3,9,12,15H,4-8H2,1H3,(H,16,17,18). The topological polar surface area (TPSA) is 54.0 Å². The largest absolute Gasteiger partial charge is 0.311 e. The number of nitrogens with zero attached hydrogens (tertiary/aromatic N) is 1. The van der Waals surface area contributed by atoms with Crippen LogP contribution in [-0.2, 0) is 11.3 Å². The number of hydrogen-bond donors (Lipinski definition) is 2. The van der Waals surface area contributed by atoms with Gasteiger partial charge in [0.05, 0.1) is 0 Å². The molecule has 4 heteroatoms. The van der Waals surface area contributed by atoms with Crippen molar-refractivity contribution in [1.29, 1.82) is 0 Å². The van der Waals surface area contributed by atoms with E-state index in [0.717, 1.165) is 12.0 Å². The summed E-state index contributed by atoms with van der Waals surface area (Å²) in [5.41, 5.74) is 1.92. The Morgan fingerprint density at radius 3 is 2.78 bits per heavy atom. The maximum Gasteiger partial charge on any atom is 0.222 e. The minimum absolute atomic E-state index is 0.0856. The van der Waals surface area contributed by atoms with E-state index in [4.69, 9.17) is 0 Å². The van der Waals surface area contributed by atoms with Crippen molar-refractivity contribution < 1.29 is 4.79 Å². The van der Waals surface area contributed by atoms with Crippen molar-refractivity contribution in [2.45, 2.75) is 45.2 Å². The first-order chi connectivity index (χ1) is 8.65. The molecule has 1 amide bonds. The predicted octanol–water partition coefficient (Wildman–Crippen LogP) is 2.07. The second kappa shape index (κ2) is 4.35. The van der Waals surface area contributed by atoms with Crippen molar-refractivity contribution in [2.75, 3.05) is 5.32 Å². The van der Waals surface area contributed by atoms with Crippen LogP contribution in [0, 0.1) is 5.41 Å². The molecular formula is C14H19N3O. The Morgan fingerprint density at radius 1 is 1.44 bits per heavy atom. The summed E-state index contributed by atoms with van der Waals surface area (Å²) in [5.74, 6) is 0.532. The van der Waals surface area contributed by atoms with E-state index in [2.05, 4.69) is 15.6 Å². The lowest BCUT2D eigenvalue weighted by Crippen LogP contribution is -2.41. The Labute approximate surface area is 107 Å². The van der Waals surface area contributed by atoms with E-state index < -0.39 is 0 Å². The van der Waals surface area contributed by atoms with Gasteiger partial charge in [-0.05, 0) is 42.7 Å². The molecule has 0 radical (unpaired) electrons. The van der Waals surface area contributed by atoms with Gasteiger partial charge < -0.3 is 10.6 Å². The van der Waals surface area contributed by atoms with Crippen molar-refractivity contribution in [1.82, 2.24) is 10.3 Å². The minimum Gasteiger partial charge on any atom is -0.311 e. The molecule has 2 saturated carbocycles. The molecule has 4 nitrogen and oxygen atoms in total. The first-order valence-corrected chi connectivity index (χ1v) is 6.61. The summed E-state index contributed by atoms with van der Waals surface area (Å²) in [6.07, 6.45) is 7.41. The fourth-order valence-electron chi connectivity index (χ4n) is 2.76. The van der Waals surface area contributed by atoms with E-state index in [9.17, 15) is 4.79 Å². The molecular weight excluding hydrogens is 226 g/mol. The summed E-state index contributed by atoms with van der Waals surface area (Å²) in [5, 5.41) is 6.23. The van der Waals surface area contributed by atoms with Gasteiger partial charge in [-0.25, -0.2) is 4.98 Å². The lowest BCUT2D eigenvalue weighted by atomic mass is 9.77. The molecule has 0 aliphatic heterocycles. The van der Waals surface area contributed by atoms with Crippen LogP contribution in [0.4, 0.5) is 5.82 Å². The Bertz CT molecular complexity index is 443. The van der Waals surface area contributed by atoms with Crippen LogP contribution in [0.5, 0.6) is 0 Å². The van der Waals surface area contributed by atoms with Gasteiger partial charge in [0.25, 0.3) is 0 Å². The van der Waals surface area contributed by atoms with Crippen LogP contribution in [0.2, 0.25) is 0 Å². The van der Waals surface area contributed by atoms with Crippen LogP contribution < -0.4 is 10.6 Å². The van der Waals surface area contributed by atoms with Crippen molar-refractivity contribution >= 4 is 11.7 Å². The van der Waals surface area contributed by atoms with Gasteiger partial charge in [0, 0.05) is 25.7 Å². The Balaban J connectivity index is 1.46. The zero-order chi connectivity index (χ0) is 12.6. The highest BCUT2D eigenvalue weighted by Crippen LogP contribution is 2.60. The first kappa shape index (κ1) is 11.7. The third-order valence-electron chi connectivity index (χ3n) is 4.04. The summed E-state index contributed by atoms with van der Waals surface area (Å²) in [7, 11) is 0. The van der Waals surface area contributed by atoms with Crippen LogP contribution in [0.1, 0.15) is 38.2 Å². The Kier molecular flexibility index (Phi) is 2.82. The molecule has 2 fully saturated rings. The lowest BCUT2D eigenvalue weighted by Gasteiger charge is -2.36. The van der Waals surface area contributed by atoms with Crippen LogP contribution in [0.15, 0.2) is 18.3 Å². The summed E-state index contributed by atoms with van der Waals surface area (Å²) < 4.78 is 0. The number of nitrogens with one attached hydrogen (secondary N) is 2. The van der Waals surface area contributed by atoms with E-state index in [1.807, 2.05) is 18.3 Å². The minimum atomic E-state index is -0.0856. The van der Waals surface area contributed by atoms with Crippen LogP contribution in [0.3, 0.4) is 0 Å². The van der Waals surface area contributed by atoms with Gasteiger partial charge in [-0.15, -0.1) is 0 Å². The summed E-state index contributed by atoms with van der Waals surface area (Å²) in [6.45, 7) is 2.36. The number of anilines is 1. The molecule has 0 saturated heterocycles. The monoisotopic (exact) mass is 245 g/mol. The van der Waals surface area contributed by atoms with E-state index >= 15 is 0 Å². The van der Waals surface area contributed by atoms with Crippen molar-refractivity contribution in [3.05, 3.63) is 23.9 Å². The number of rotatable bonds is 4. The summed E-state index contributed by atoms with van der Waals surface area (Å²) in [4.78, 5) is 15.1. The molecule has 2 aliphatic rings. The highest BCUT2D eigenvalue weighted by molar-refractivity contribution is 5.87. The SMILES string of the molecule is CC(=O)Nc1ccc(CNC2CC3(CC3)C2)cn1. The lowest BCUT2D eigenvalue weighted by molar-refractivity contribution is -0.114. The van der Waals surface area contributed by atoms with E-state index in [-0.39, 0.29) is 5.91 Å². The normalized spacial score (nSPS) is 20.5. The van der Waals surface area contributed by atoms with E-state index in [1.54, 1.807) is 0 Å². The zero-order valence-corrected chi connectivity index (χ0v) is 10.7. The highest BCUT2D eigenvalue weighted by atomic mass is 16.1. The zero-order valence-electron chi connectivity index (χ0n) is 10.7. The number of pyridine rings is 1. The molecule has 96 valence electrons. The van der Waals surface area contributed by atoms with E-state index in [0.29, 0.717) is 11.9 Å². The maximum absolute atomic E-state index is 10.9. The molecule has 0 bridgehead atoms. The van der Waals surface area contributed by atoms with Crippen LogP contribution >= 0.6 is 0 Å². The molecule has 0 unspecified atom stereocenters. The van der Waals surface area contributed by atoms with E-state index in [1.165, 1.54) is 38.2 Å². The molecule has 0 atom stereocenters. The molecule has 1 spiro atoms. The number of amides is 1. The molecule has 2 aliphatic carbocycles. The van der Waals surface area contributed by atoms with Gasteiger partial charge in [0.1, 0.15) is 5.82 Å². The number of carbonyl (C=O) groups is 1. The first-order valence-electron chi connectivity index (χ1n) is 6.61. The molecule has 1 aromatic heterocycles. The van der Waals surface area contributed by atoms with Gasteiger partial charge in [0.15, 0.2) is 0 Å². The molecule has 1 heterocycles. The van der Waals surface area contributed by atoms with Gasteiger partial charge in [-0.1, -0.05) is 6.07 Å². The molecule has 3 rings (SSSR count). The van der Waals surface area contributed by atoms with Gasteiger partial charge >= 0.3 is 0 Å². The van der Waals surface area contributed by atoms with Gasteiger partial charge in [-0.2, -0.15) is 0 Å². The van der Waals surface area contributed by atoms with Crippen molar-refractivity contribution in [2.24, 2.45) is 5.41 Å². The van der Waals surface area contributed by atoms with Crippen molar-refractivity contribution in [3.63, 3.8) is 0 Å². The second-order valence-electron chi connectivity index (χ2n) is 5.72. The maximum atomic E-state index is 10.9. The van der Waals surface area contributed by atoms with Crippen molar-refractivity contribution in [3.8, 4) is 0 Å². The third-order valence-corrected chi connectivity index (χ3v) is 4.04. The average Bonchev–Trinajstić information content (AvgIpc) is 3.06. The predicted molar refractivity (Wildman–Crippen MR) is 70.1 cm³/mol. The smallest absolute Gasteiger partial charge is 0.222 e. The van der Waals surface area contributed by atoms with Crippen LogP contribution in [-0.4, -0.2) is 16.9 Å². The number of hydrogen-bond acceptors (Lipinski definition) is 3. The Hall–Kier alpha value is -1.42. The molecule has 0 aromatic carbocycles. The van der Waals surface area contributed by atoms with Gasteiger partial charge in [0.2, 0.25) is 5.91 Å². The second-order valence-corrected chi connectivity index (χ2v) is 5.72. The molecule has 18 heavy (non-hydrogen) atoms. The van der Waals surface area contributed by atoms with Gasteiger partial charge in [-0.3, -0.25) is 4.79 Å². The number of aromatic nitrogens is 1. The summed E-state index contributed by atoms with van der Waals surface area (Å²) >= 11 is 0. The summed E-state index contributed by atoms with van der Waals surface area (Å²) in [6, 6.07) is 4.56. The molecule has 2 N–H and O–H groups in total. The Morgan fingerprint density at radius 2 is 2.22 bits per heavy atom.